The number of anilines is 2. The van der Waals surface area contributed by atoms with Crippen molar-refractivity contribution >= 4 is 17.4 Å². The summed E-state index contributed by atoms with van der Waals surface area (Å²) in [5.74, 6) is -0.0286. The van der Waals surface area contributed by atoms with Crippen LogP contribution in [0.5, 0.6) is 0 Å². The number of nitrogens with zero attached hydrogens (tertiary/aromatic N) is 2. The van der Waals surface area contributed by atoms with E-state index in [2.05, 4.69) is 15.7 Å². The SMILES string of the molecule is Cc1ccc(NC(=O)[C@@H](C)Nc2ccn(-c3ccccc3)n2)cc1F. The van der Waals surface area contributed by atoms with Crippen molar-refractivity contribution in [3.8, 4) is 5.69 Å². The quantitative estimate of drug-likeness (QED) is 0.745. The molecule has 0 saturated heterocycles. The molecule has 6 heteroatoms. The third-order valence-corrected chi connectivity index (χ3v) is 3.81. The number of benzene rings is 2. The number of hydrogen-bond acceptors (Lipinski definition) is 3. The summed E-state index contributed by atoms with van der Waals surface area (Å²) in [5, 5.41) is 10.1. The van der Waals surface area contributed by atoms with Gasteiger partial charge in [0.25, 0.3) is 0 Å². The lowest BCUT2D eigenvalue weighted by Gasteiger charge is -2.14. The minimum Gasteiger partial charge on any atom is -0.357 e. The topological polar surface area (TPSA) is 59.0 Å². The first-order chi connectivity index (χ1) is 12.0. The lowest BCUT2D eigenvalue weighted by molar-refractivity contribution is -0.116. The van der Waals surface area contributed by atoms with Crippen molar-refractivity contribution in [1.82, 2.24) is 9.78 Å². The molecule has 1 atom stereocenters. The molecule has 128 valence electrons. The van der Waals surface area contributed by atoms with Crippen LogP contribution in [-0.4, -0.2) is 21.7 Å². The first-order valence-electron chi connectivity index (χ1n) is 7.97. The zero-order chi connectivity index (χ0) is 17.8. The summed E-state index contributed by atoms with van der Waals surface area (Å²) in [6.07, 6.45) is 1.82. The summed E-state index contributed by atoms with van der Waals surface area (Å²) in [5.41, 5.74) is 1.90. The molecular weight excluding hydrogens is 319 g/mol. The molecule has 0 bridgehead atoms. The number of nitrogens with one attached hydrogen (secondary N) is 2. The van der Waals surface area contributed by atoms with Crippen molar-refractivity contribution in [1.29, 1.82) is 0 Å². The third-order valence-electron chi connectivity index (χ3n) is 3.81. The fraction of sp³-hybridized carbons (Fsp3) is 0.158. The summed E-state index contributed by atoms with van der Waals surface area (Å²) in [4.78, 5) is 12.3. The number of aromatic nitrogens is 2. The van der Waals surface area contributed by atoms with Crippen molar-refractivity contribution in [3.05, 3.63) is 72.2 Å². The Morgan fingerprint density at radius 2 is 1.92 bits per heavy atom. The largest absolute Gasteiger partial charge is 0.357 e. The highest BCUT2D eigenvalue weighted by Crippen LogP contribution is 2.15. The molecule has 2 aromatic carbocycles. The highest BCUT2D eigenvalue weighted by Gasteiger charge is 2.14. The van der Waals surface area contributed by atoms with Gasteiger partial charge in [-0.15, -0.1) is 0 Å². The van der Waals surface area contributed by atoms with Gasteiger partial charge >= 0.3 is 0 Å². The molecular formula is C19H19FN4O. The van der Waals surface area contributed by atoms with E-state index in [0.29, 0.717) is 17.1 Å². The number of hydrogen-bond donors (Lipinski definition) is 2. The number of aryl methyl sites for hydroxylation is 1. The molecule has 0 radical (unpaired) electrons. The van der Waals surface area contributed by atoms with E-state index in [1.165, 1.54) is 6.07 Å². The van der Waals surface area contributed by atoms with Gasteiger partial charge in [-0.25, -0.2) is 9.07 Å². The van der Waals surface area contributed by atoms with Gasteiger partial charge < -0.3 is 10.6 Å². The molecule has 2 N–H and O–H groups in total. The molecule has 25 heavy (non-hydrogen) atoms. The van der Waals surface area contributed by atoms with E-state index in [1.54, 1.807) is 36.7 Å². The van der Waals surface area contributed by atoms with Gasteiger partial charge in [-0.3, -0.25) is 4.79 Å². The minimum absolute atomic E-state index is 0.266. The summed E-state index contributed by atoms with van der Waals surface area (Å²) < 4.78 is 15.3. The lowest BCUT2D eigenvalue weighted by atomic mass is 10.2. The van der Waals surface area contributed by atoms with Gasteiger partial charge in [0.2, 0.25) is 5.91 Å². The predicted molar refractivity (Wildman–Crippen MR) is 96.4 cm³/mol. The van der Waals surface area contributed by atoms with Crippen LogP contribution < -0.4 is 10.6 Å². The predicted octanol–water partition coefficient (Wildman–Crippen LogP) is 3.76. The van der Waals surface area contributed by atoms with Crippen LogP contribution >= 0.6 is 0 Å². The molecule has 5 nitrogen and oxygen atoms in total. The Kier molecular flexibility index (Phi) is 4.79. The Hall–Kier alpha value is -3.15. The smallest absolute Gasteiger partial charge is 0.246 e. The maximum absolute atomic E-state index is 13.6. The molecule has 0 spiro atoms. The average molecular weight is 338 g/mol. The van der Waals surface area contributed by atoms with Gasteiger partial charge in [0.15, 0.2) is 0 Å². The normalized spacial score (nSPS) is 11.8. The van der Waals surface area contributed by atoms with E-state index in [9.17, 15) is 9.18 Å². The second kappa shape index (κ2) is 7.17. The summed E-state index contributed by atoms with van der Waals surface area (Å²) in [6.45, 7) is 3.40. The fourth-order valence-corrected chi connectivity index (χ4v) is 2.33. The van der Waals surface area contributed by atoms with Crippen LogP contribution in [0.4, 0.5) is 15.9 Å². The maximum Gasteiger partial charge on any atom is 0.246 e. The van der Waals surface area contributed by atoms with E-state index in [4.69, 9.17) is 0 Å². The molecule has 0 aliphatic carbocycles. The standard InChI is InChI=1S/C19H19FN4O/c1-13-8-9-15(12-17(13)20)22-19(25)14(2)21-18-10-11-24(23-18)16-6-4-3-5-7-16/h3-12,14H,1-2H3,(H,21,23)(H,22,25)/t14-/m1/s1. The highest BCUT2D eigenvalue weighted by atomic mass is 19.1. The number of para-hydroxylation sites is 1. The Morgan fingerprint density at radius 3 is 2.64 bits per heavy atom. The Morgan fingerprint density at radius 1 is 1.16 bits per heavy atom. The first-order valence-corrected chi connectivity index (χ1v) is 7.97. The zero-order valence-corrected chi connectivity index (χ0v) is 14.0. The zero-order valence-electron chi connectivity index (χ0n) is 14.0. The number of amides is 1. The second-order valence-corrected chi connectivity index (χ2v) is 5.80. The van der Waals surface area contributed by atoms with Crippen LogP contribution in [-0.2, 0) is 4.79 Å². The van der Waals surface area contributed by atoms with Crippen LogP contribution in [0.15, 0.2) is 60.8 Å². The summed E-state index contributed by atoms with van der Waals surface area (Å²) in [6, 6.07) is 15.6. The van der Waals surface area contributed by atoms with E-state index in [-0.39, 0.29) is 11.7 Å². The van der Waals surface area contributed by atoms with Crippen LogP contribution in [0.1, 0.15) is 12.5 Å². The van der Waals surface area contributed by atoms with Crippen LogP contribution in [0.25, 0.3) is 5.69 Å². The van der Waals surface area contributed by atoms with Gasteiger partial charge in [0.05, 0.1) is 5.69 Å². The van der Waals surface area contributed by atoms with Gasteiger partial charge in [0, 0.05) is 18.0 Å². The molecule has 1 heterocycles. The molecule has 0 aliphatic rings. The van der Waals surface area contributed by atoms with Gasteiger partial charge in [-0.1, -0.05) is 24.3 Å². The number of halogens is 1. The lowest BCUT2D eigenvalue weighted by Crippen LogP contribution is -2.32. The third kappa shape index (κ3) is 4.03. The van der Waals surface area contributed by atoms with Crippen LogP contribution in [0.3, 0.4) is 0 Å². The van der Waals surface area contributed by atoms with Crippen LogP contribution in [0.2, 0.25) is 0 Å². The van der Waals surface area contributed by atoms with Gasteiger partial charge in [-0.2, -0.15) is 5.10 Å². The molecule has 1 amide bonds. The molecule has 0 fully saturated rings. The maximum atomic E-state index is 13.6. The second-order valence-electron chi connectivity index (χ2n) is 5.80. The number of carbonyl (C=O) groups is 1. The summed E-state index contributed by atoms with van der Waals surface area (Å²) >= 11 is 0. The molecule has 0 aliphatic heterocycles. The monoisotopic (exact) mass is 338 g/mol. The Balaban J connectivity index is 1.63. The van der Waals surface area contributed by atoms with E-state index >= 15 is 0 Å². The molecule has 3 rings (SSSR count). The Bertz CT molecular complexity index is 876. The first kappa shape index (κ1) is 16.7. The summed E-state index contributed by atoms with van der Waals surface area (Å²) in [7, 11) is 0. The average Bonchev–Trinajstić information content (AvgIpc) is 3.07. The van der Waals surface area contributed by atoms with Gasteiger partial charge in [-0.05, 0) is 43.7 Å². The minimum atomic E-state index is -0.525. The van der Waals surface area contributed by atoms with Gasteiger partial charge in [0.1, 0.15) is 17.7 Å². The van der Waals surface area contributed by atoms with Crippen molar-refractivity contribution in [2.75, 3.05) is 10.6 Å². The molecule has 0 saturated carbocycles. The molecule has 1 aromatic heterocycles. The highest BCUT2D eigenvalue weighted by molar-refractivity contribution is 5.96. The molecule has 3 aromatic rings. The fourth-order valence-electron chi connectivity index (χ4n) is 2.33. The Labute approximate surface area is 145 Å². The van der Waals surface area contributed by atoms with Crippen molar-refractivity contribution in [3.63, 3.8) is 0 Å². The van der Waals surface area contributed by atoms with Crippen molar-refractivity contribution in [2.45, 2.75) is 19.9 Å². The van der Waals surface area contributed by atoms with Crippen molar-refractivity contribution in [2.24, 2.45) is 0 Å². The number of rotatable bonds is 5. The number of carbonyl (C=O) groups excluding carboxylic acids is 1. The van der Waals surface area contributed by atoms with E-state index in [1.807, 2.05) is 36.5 Å². The van der Waals surface area contributed by atoms with E-state index < -0.39 is 6.04 Å². The van der Waals surface area contributed by atoms with E-state index in [0.717, 1.165) is 5.69 Å². The van der Waals surface area contributed by atoms with Crippen molar-refractivity contribution < 1.29 is 9.18 Å². The van der Waals surface area contributed by atoms with Crippen LogP contribution in [0, 0.1) is 12.7 Å². The molecule has 0 unspecified atom stereocenters.